The van der Waals surface area contributed by atoms with Gasteiger partial charge < -0.3 is 10.2 Å². The van der Waals surface area contributed by atoms with Crippen LogP contribution in [0.5, 0.6) is 0 Å². The fourth-order valence-electron chi connectivity index (χ4n) is 7.87. The molecule has 4 fully saturated rings. The van der Waals surface area contributed by atoms with Gasteiger partial charge in [-0.2, -0.15) is 0 Å². The summed E-state index contributed by atoms with van der Waals surface area (Å²) in [7, 11) is 0. The fourth-order valence-corrected chi connectivity index (χ4v) is 7.87. The summed E-state index contributed by atoms with van der Waals surface area (Å²) >= 11 is 0. The molecule has 0 aromatic heterocycles. The van der Waals surface area contributed by atoms with Crippen molar-refractivity contribution in [2.75, 3.05) is 0 Å². The maximum atomic E-state index is 10.9. The third-order valence-electron chi connectivity index (χ3n) is 9.12. The number of hydrogen-bond donors (Lipinski definition) is 2. The van der Waals surface area contributed by atoms with Gasteiger partial charge in [-0.3, -0.25) is 0 Å². The highest BCUT2D eigenvalue weighted by Crippen LogP contribution is 2.67. The van der Waals surface area contributed by atoms with Crippen LogP contribution in [0.3, 0.4) is 0 Å². The number of aliphatic hydroxyl groups is 2. The molecule has 2 nitrogen and oxygen atoms in total. The lowest BCUT2D eigenvalue weighted by Crippen LogP contribution is -2.55. The summed E-state index contributed by atoms with van der Waals surface area (Å²) < 4.78 is 0. The second-order valence-corrected chi connectivity index (χ2v) is 9.78. The van der Waals surface area contributed by atoms with Crippen molar-refractivity contribution in [3.63, 3.8) is 0 Å². The molecule has 4 rings (SSSR count). The molecule has 0 saturated heterocycles. The van der Waals surface area contributed by atoms with E-state index in [1.807, 2.05) is 6.08 Å². The molecule has 136 valence electrons. The number of fused-ring (bicyclic) bond motifs is 5. The molecule has 0 amide bonds. The van der Waals surface area contributed by atoms with E-state index in [1.165, 1.54) is 38.5 Å². The van der Waals surface area contributed by atoms with E-state index in [4.69, 9.17) is 0 Å². The van der Waals surface area contributed by atoms with Gasteiger partial charge >= 0.3 is 0 Å². The highest BCUT2D eigenvalue weighted by molar-refractivity contribution is 5.10. The molecule has 24 heavy (non-hydrogen) atoms. The summed E-state index contributed by atoms with van der Waals surface area (Å²) in [5.74, 6) is 3.11. The minimum atomic E-state index is -0.0814. The Balaban J connectivity index is 1.60. The zero-order chi connectivity index (χ0) is 16.9. The SMILES string of the molecule is C=CCC[C@]12CC[C@H]3[C@@H](CC[C@H]4CC(O)CC[C@@]43C)[C@@H]1CC[C@@H]2O. The van der Waals surface area contributed by atoms with Gasteiger partial charge in [-0.25, -0.2) is 0 Å². The third kappa shape index (κ3) is 2.35. The zero-order valence-corrected chi connectivity index (χ0v) is 15.4. The lowest BCUT2D eigenvalue weighted by Gasteiger charge is -2.61. The van der Waals surface area contributed by atoms with Crippen molar-refractivity contribution >= 4 is 0 Å². The van der Waals surface area contributed by atoms with Crippen molar-refractivity contribution in [2.24, 2.45) is 34.5 Å². The Hall–Kier alpha value is -0.340. The normalized spacial score (nSPS) is 53.8. The minimum Gasteiger partial charge on any atom is -0.393 e. The van der Waals surface area contributed by atoms with E-state index in [0.717, 1.165) is 55.8 Å². The molecule has 0 aromatic rings. The van der Waals surface area contributed by atoms with Crippen molar-refractivity contribution < 1.29 is 10.2 Å². The zero-order valence-electron chi connectivity index (χ0n) is 15.4. The van der Waals surface area contributed by atoms with Crippen molar-refractivity contribution in [2.45, 2.75) is 89.8 Å². The number of aliphatic hydroxyl groups excluding tert-OH is 2. The Morgan fingerprint density at radius 3 is 2.62 bits per heavy atom. The van der Waals surface area contributed by atoms with Gasteiger partial charge in [-0.05, 0) is 105 Å². The van der Waals surface area contributed by atoms with Crippen molar-refractivity contribution in [3.05, 3.63) is 12.7 Å². The largest absolute Gasteiger partial charge is 0.393 e. The van der Waals surface area contributed by atoms with Gasteiger partial charge in [0.25, 0.3) is 0 Å². The average Bonchev–Trinajstić information content (AvgIpc) is 2.91. The smallest absolute Gasteiger partial charge is 0.0599 e. The second-order valence-electron chi connectivity index (χ2n) is 9.78. The van der Waals surface area contributed by atoms with E-state index >= 15 is 0 Å². The summed E-state index contributed by atoms with van der Waals surface area (Å²) in [4.78, 5) is 0. The Morgan fingerprint density at radius 2 is 1.83 bits per heavy atom. The van der Waals surface area contributed by atoms with Crippen molar-refractivity contribution in [1.82, 2.24) is 0 Å². The van der Waals surface area contributed by atoms with Gasteiger partial charge in [0, 0.05) is 0 Å². The lowest BCUT2D eigenvalue weighted by molar-refractivity contribution is -0.140. The third-order valence-corrected chi connectivity index (χ3v) is 9.12. The van der Waals surface area contributed by atoms with Crippen molar-refractivity contribution in [1.29, 1.82) is 0 Å². The van der Waals surface area contributed by atoms with E-state index in [9.17, 15) is 10.2 Å². The van der Waals surface area contributed by atoms with Crippen LogP contribution in [0.25, 0.3) is 0 Å². The van der Waals surface area contributed by atoms with Gasteiger partial charge in [0.05, 0.1) is 12.2 Å². The van der Waals surface area contributed by atoms with Crippen molar-refractivity contribution in [3.8, 4) is 0 Å². The molecular formula is C22H36O2. The molecule has 2 heteroatoms. The highest BCUT2D eigenvalue weighted by Gasteiger charge is 2.61. The van der Waals surface area contributed by atoms with Crippen LogP contribution in [0.4, 0.5) is 0 Å². The molecule has 4 aliphatic carbocycles. The molecule has 0 heterocycles. The van der Waals surface area contributed by atoms with Crippen LogP contribution in [-0.4, -0.2) is 22.4 Å². The summed E-state index contributed by atoms with van der Waals surface area (Å²) in [5.41, 5.74) is 0.632. The molecule has 4 saturated carbocycles. The lowest BCUT2D eigenvalue weighted by atomic mass is 9.44. The van der Waals surface area contributed by atoms with Gasteiger partial charge in [-0.1, -0.05) is 13.0 Å². The van der Waals surface area contributed by atoms with Crippen LogP contribution in [0.2, 0.25) is 0 Å². The Kier molecular flexibility index (Phi) is 4.36. The monoisotopic (exact) mass is 332 g/mol. The number of rotatable bonds is 3. The van der Waals surface area contributed by atoms with Crippen LogP contribution in [0.1, 0.15) is 77.6 Å². The summed E-state index contributed by atoms with van der Waals surface area (Å²) in [5, 5.41) is 21.0. The molecule has 0 radical (unpaired) electrons. The van der Waals surface area contributed by atoms with Crippen LogP contribution in [0, 0.1) is 34.5 Å². The van der Waals surface area contributed by atoms with Gasteiger partial charge in [0.1, 0.15) is 0 Å². The topological polar surface area (TPSA) is 40.5 Å². The van der Waals surface area contributed by atoms with E-state index in [0.29, 0.717) is 5.41 Å². The van der Waals surface area contributed by atoms with E-state index in [-0.39, 0.29) is 17.6 Å². The van der Waals surface area contributed by atoms with Gasteiger partial charge in [0.15, 0.2) is 0 Å². The molecule has 1 unspecified atom stereocenters. The highest BCUT2D eigenvalue weighted by atomic mass is 16.3. The van der Waals surface area contributed by atoms with E-state index in [1.54, 1.807) is 0 Å². The molecule has 2 N–H and O–H groups in total. The first-order valence-electron chi connectivity index (χ1n) is 10.5. The van der Waals surface area contributed by atoms with Gasteiger partial charge in [-0.15, -0.1) is 6.58 Å². The quantitative estimate of drug-likeness (QED) is 0.736. The predicted molar refractivity (Wildman–Crippen MR) is 97.5 cm³/mol. The maximum absolute atomic E-state index is 10.9. The van der Waals surface area contributed by atoms with Gasteiger partial charge in [0.2, 0.25) is 0 Å². The summed E-state index contributed by atoms with van der Waals surface area (Å²) in [6.45, 7) is 6.47. The molecule has 0 bridgehead atoms. The molecule has 0 spiro atoms. The molecule has 0 aromatic carbocycles. The summed E-state index contributed by atoms with van der Waals surface area (Å²) in [6.07, 6.45) is 14.8. The molecule has 4 aliphatic rings. The first-order valence-corrected chi connectivity index (χ1v) is 10.5. The number of allylic oxidation sites excluding steroid dienone is 1. The summed E-state index contributed by atoms with van der Waals surface area (Å²) in [6, 6.07) is 0. The Bertz CT molecular complexity index is 488. The first kappa shape index (κ1) is 17.1. The first-order chi connectivity index (χ1) is 11.5. The Labute approximate surface area is 147 Å². The van der Waals surface area contributed by atoms with E-state index < -0.39 is 0 Å². The fraction of sp³-hybridized carbons (Fsp3) is 0.909. The number of hydrogen-bond acceptors (Lipinski definition) is 2. The minimum absolute atomic E-state index is 0.0526. The molecular weight excluding hydrogens is 296 g/mol. The standard InChI is InChI=1S/C22H36O2/c1-3-4-11-22-13-10-18-17(19(22)7-8-20(22)24)6-5-15-14-16(23)9-12-21(15,18)2/h3,15-20,23-24H,1,4-14H2,2H3/t15-,16?,17+,18-,19-,20-,21-,22-/m0/s1. The second kappa shape index (κ2) is 6.13. The Morgan fingerprint density at radius 1 is 1.00 bits per heavy atom. The predicted octanol–water partition coefficient (Wildman–Crippen LogP) is 4.70. The molecule has 0 aliphatic heterocycles. The average molecular weight is 333 g/mol. The van der Waals surface area contributed by atoms with Crippen LogP contribution >= 0.6 is 0 Å². The van der Waals surface area contributed by atoms with Crippen LogP contribution in [-0.2, 0) is 0 Å². The maximum Gasteiger partial charge on any atom is 0.0599 e. The van der Waals surface area contributed by atoms with E-state index in [2.05, 4.69) is 13.5 Å². The molecule has 8 atom stereocenters. The van der Waals surface area contributed by atoms with Crippen LogP contribution < -0.4 is 0 Å². The van der Waals surface area contributed by atoms with Crippen LogP contribution in [0.15, 0.2) is 12.7 Å².